The Morgan fingerprint density at radius 3 is 2.57 bits per heavy atom. The number of nitrogens with zero attached hydrogens (tertiary/aromatic N) is 1. The number of halogens is 1. The highest BCUT2D eigenvalue weighted by molar-refractivity contribution is 5.69. The van der Waals surface area contributed by atoms with Crippen LogP contribution in [0.5, 0.6) is 0 Å². The molecule has 2 aromatic rings. The van der Waals surface area contributed by atoms with Gasteiger partial charge in [-0.15, -0.1) is 0 Å². The number of nitrogens with two attached hydrogens (primary N) is 1. The lowest BCUT2D eigenvalue weighted by Gasteiger charge is -2.26. The molecule has 1 amide bonds. The van der Waals surface area contributed by atoms with E-state index in [-0.39, 0.29) is 24.5 Å². The summed E-state index contributed by atoms with van der Waals surface area (Å²) in [4.78, 5) is 14.0. The van der Waals surface area contributed by atoms with Crippen LogP contribution in [0.2, 0.25) is 0 Å². The monoisotopic (exact) mass is 314 g/mol. The van der Waals surface area contributed by atoms with Crippen molar-refractivity contribution in [3.05, 3.63) is 71.5 Å². The van der Waals surface area contributed by atoms with E-state index in [0.29, 0.717) is 13.0 Å². The van der Waals surface area contributed by atoms with Crippen molar-refractivity contribution in [1.82, 2.24) is 4.90 Å². The van der Waals surface area contributed by atoms with E-state index in [2.05, 4.69) is 0 Å². The summed E-state index contributed by atoms with van der Waals surface area (Å²) in [6, 6.07) is 15.2. The Kier molecular flexibility index (Phi) is 4.57. The molecule has 1 fully saturated rings. The fourth-order valence-electron chi connectivity index (χ4n) is 2.91. The number of hydrogen-bond donors (Lipinski definition) is 1. The maximum absolute atomic E-state index is 13.1. The third-order valence-electron chi connectivity index (χ3n) is 4.10. The lowest BCUT2D eigenvalue weighted by Crippen LogP contribution is -2.36. The van der Waals surface area contributed by atoms with E-state index in [1.807, 2.05) is 30.3 Å². The van der Waals surface area contributed by atoms with Crippen molar-refractivity contribution in [2.75, 3.05) is 6.54 Å². The fraction of sp³-hybridized carbons (Fsp3) is 0.278. The van der Waals surface area contributed by atoms with Crippen LogP contribution in [0.25, 0.3) is 0 Å². The average molecular weight is 314 g/mol. The van der Waals surface area contributed by atoms with Gasteiger partial charge in [0.25, 0.3) is 0 Å². The first-order valence-electron chi connectivity index (χ1n) is 7.63. The molecule has 0 aromatic heterocycles. The average Bonchev–Trinajstić information content (AvgIpc) is 2.96. The number of ether oxygens (including phenoxy) is 1. The van der Waals surface area contributed by atoms with Crippen LogP contribution < -0.4 is 5.73 Å². The summed E-state index contributed by atoms with van der Waals surface area (Å²) >= 11 is 0. The Hall–Kier alpha value is -2.40. The van der Waals surface area contributed by atoms with E-state index < -0.39 is 6.09 Å². The number of likely N-dealkylation sites (tertiary alicyclic amines) is 1. The van der Waals surface area contributed by atoms with Gasteiger partial charge in [0.1, 0.15) is 12.4 Å². The quantitative estimate of drug-likeness (QED) is 0.946. The van der Waals surface area contributed by atoms with Crippen molar-refractivity contribution < 1.29 is 13.9 Å². The van der Waals surface area contributed by atoms with Gasteiger partial charge in [-0.05, 0) is 29.7 Å². The molecule has 23 heavy (non-hydrogen) atoms. The highest BCUT2D eigenvalue weighted by Crippen LogP contribution is 2.31. The van der Waals surface area contributed by atoms with Crippen molar-refractivity contribution >= 4 is 6.09 Å². The zero-order valence-corrected chi connectivity index (χ0v) is 12.7. The zero-order valence-electron chi connectivity index (χ0n) is 12.7. The highest BCUT2D eigenvalue weighted by Gasteiger charge is 2.36. The molecular formula is C18H19FN2O2. The second-order valence-corrected chi connectivity index (χ2v) is 5.68. The van der Waals surface area contributed by atoms with Gasteiger partial charge in [-0.2, -0.15) is 0 Å². The molecule has 0 bridgehead atoms. The van der Waals surface area contributed by atoms with Crippen LogP contribution in [0.4, 0.5) is 9.18 Å². The number of hydrogen-bond acceptors (Lipinski definition) is 3. The summed E-state index contributed by atoms with van der Waals surface area (Å²) in [6.07, 6.45) is 0.304. The first kappa shape index (κ1) is 15.5. The van der Waals surface area contributed by atoms with Gasteiger partial charge in [0.05, 0.1) is 6.04 Å². The Labute approximate surface area is 134 Å². The summed E-state index contributed by atoms with van der Waals surface area (Å²) in [5, 5.41) is 0. The van der Waals surface area contributed by atoms with Gasteiger partial charge in [0.15, 0.2) is 0 Å². The molecule has 2 aromatic carbocycles. The number of carbonyl (C=O) groups is 1. The van der Waals surface area contributed by atoms with E-state index in [9.17, 15) is 9.18 Å². The third-order valence-corrected chi connectivity index (χ3v) is 4.10. The van der Waals surface area contributed by atoms with Gasteiger partial charge >= 0.3 is 6.09 Å². The first-order valence-corrected chi connectivity index (χ1v) is 7.63. The number of carbonyl (C=O) groups excluding carboxylic acids is 1. The molecule has 0 radical (unpaired) electrons. The Morgan fingerprint density at radius 1 is 1.17 bits per heavy atom. The molecule has 4 nitrogen and oxygen atoms in total. The molecule has 0 saturated carbocycles. The van der Waals surface area contributed by atoms with Crippen LogP contribution in [0.1, 0.15) is 23.6 Å². The summed E-state index contributed by atoms with van der Waals surface area (Å²) in [7, 11) is 0. The lowest BCUT2D eigenvalue weighted by molar-refractivity contribution is 0.0908. The molecule has 2 unspecified atom stereocenters. The summed E-state index contributed by atoms with van der Waals surface area (Å²) in [5.41, 5.74) is 7.90. The molecule has 1 saturated heterocycles. The third kappa shape index (κ3) is 3.51. The van der Waals surface area contributed by atoms with Crippen LogP contribution >= 0.6 is 0 Å². The normalized spacial score (nSPS) is 20.5. The van der Waals surface area contributed by atoms with Gasteiger partial charge in [-0.3, -0.25) is 4.90 Å². The molecule has 1 heterocycles. The van der Waals surface area contributed by atoms with E-state index in [1.54, 1.807) is 17.0 Å². The maximum atomic E-state index is 13.1. The van der Waals surface area contributed by atoms with Gasteiger partial charge in [0, 0.05) is 12.6 Å². The predicted molar refractivity (Wildman–Crippen MR) is 85.1 cm³/mol. The SMILES string of the molecule is NC1CCN(C(=O)OCc2ccccc2)C1c1ccc(F)cc1. The Morgan fingerprint density at radius 2 is 1.87 bits per heavy atom. The lowest BCUT2D eigenvalue weighted by atomic mass is 10.0. The Bertz CT molecular complexity index is 660. The maximum Gasteiger partial charge on any atom is 0.410 e. The van der Waals surface area contributed by atoms with E-state index >= 15 is 0 Å². The summed E-state index contributed by atoms with van der Waals surface area (Å²) in [6.45, 7) is 0.762. The van der Waals surface area contributed by atoms with Crippen LogP contribution in [0.15, 0.2) is 54.6 Å². The van der Waals surface area contributed by atoms with Gasteiger partial charge < -0.3 is 10.5 Å². The Balaban J connectivity index is 1.70. The minimum Gasteiger partial charge on any atom is -0.445 e. The van der Waals surface area contributed by atoms with E-state index in [0.717, 1.165) is 11.1 Å². The molecule has 1 aliphatic heterocycles. The molecule has 2 atom stereocenters. The van der Waals surface area contributed by atoms with Crippen molar-refractivity contribution in [3.63, 3.8) is 0 Å². The number of rotatable bonds is 3. The van der Waals surface area contributed by atoms with Crippen LogP contribution in [-0.2, 0) is 11.3 Å². The molecule has 0 spiro atoms. The van der Waals surface area contributed by atoms with Crippen molar-refractivity contribution in [3.8, 4) is 0 Å². The second-order valence-electron chi connectivity index (χ2n) is 5.68. The largest absolute Gasteiger partial charge is 0.445 e. The molecule has 0 aliphatic carbocycles. The van der Waals surface area contributed by atoms with Gasteiger partial charge in [0.2, 0.25) is 0 Å². The van der Waals surface area contributed by atoms with E-state index in [1.165, 1.54) is 12.1 Å². The molecule has 1 aliphatic rings. The van der Waals surface area contributed by atoms with Crippen LogP contribution in [0.3, 0.4) is 0 Å². The van der Waals surface area contributed by atoms with E-state index in [4.69, 9.17) is 10.5 Å². The molecule has 3 rings (SSSR count). The minimum atomic E-state index is -0.392. The molecular weight excluding hydrogens is 295 g/mol. The van der Waals surface area contributed by atoms with Crippen molar-refractivity contribution in [2.45, 2.75) is 25.1 Å². The van der Waals surface area contributed by atoms with Crippen molar-refractivity contribution in [1.29, 1.82) is 0 Å². The van der Waals surface area contributed by atoms with Crippen molar-refractivity contribution in [2.24, 2.45) is 5.73 Å². The minimum absolute atomic E-state index is 0.176. The topological polar surface area (TPSA) is 55.6 Å². The fourth-order valence-corrected chi connectivity index (χ4v) is 2.91. The summed E-state index contributed by atoms with van der Waals surface area (Å²) in [5.74, 6) is -0.307. The second kappa shape index (κ2) is 6.79. The zero-order chi connectivity index (χ0) is 16.2. The predicted octanol–water partition coefficient (Wildman–Crippen LogP) is 3.24. The molecule has 120 valence electrons. The number of benzene rings is 2. The van der Waals surface area contributed by atoms with Gasteiger partial charge in [-0.25, -0.2) is 9.18 Å². The smallest absolute Gasteiger partial charge is 0.410 e. The number of amides is 1. The highest BCUT2D eigenvalue weighted by atomic mass is 19.1. The standard InChI is InChI=1S/C18H19FN2O2/c19-15-8-6-14(7-9-15)17-16(20)10-11-21(17)18(22)23-12-13-4-2-1-3-5-13/h1-9,16-17H,10-12,20H2. The molecule has 2 N–H and O–H groups in total. The first-order chi connectivity index (χ1) is 11.1. The molecule has 5 heteroatoms. The van der Waals surface area contributed by atoms with Crippen LogP contribution in [0, 0.1) is 5.82 Å². The van der Waals surface area contributed by atoms with Crippen LogP contribution in [-0.4, -0.2) is 23.6 Å². The summed E-state index contributed by atoms with van der Waals surface area (Å²) < 4.78 is 18.5. The van der Waals surface area contributed by atoms with Gasteiger partial charge in [-0.1, -0.05) is 42.5 Å².